The van der Waals surface area contributed by atoms with Gasteiger partial charge in [-0.25, -0.2) is 0 Å². The SMILES string of the molecule is CCN(CC)CCOc1ccc(/C(=C(/Cl)c2ccccc2)c2ccccc2)cc1.COc1ccc2c(c1)CC[C@@H]1[C@@H]2CC[C@]2(C)[C@H](O)[C@H](O)C[C@@H]12. The standard InChI is InChI=1S/C26H28ClNO.C19H26O3/c1-3-28(4-2)19-20-29-24-17-15-22(16-18-24)25(21-11-7-5-8-12-21)26(27)23-13-9-6-10-14-23;1-19-8-7-14-13-6-4-12(22-2)9-11(13)3-5-15(14)16(19)10-17(20)18(19)21/h5-18H,3-4,19-20H2,1-2H3;4,6,9,14-18,20-21H,3,5,7-8,10H2,1-2H3/b26-25+;/t;14-,15-,16+,17-,18-,19+/m.1/s1. The zero-order valence-electron chi connectivity index (χ0n) is 30.6. The van der Waals surface area contributed by atoms with E-state index in [4.69, 9.17) is 21.1 Å². The Morgan fingerprint density at radius 3 is 2.10 bits per heavy atom. The molecule has 2 fully saturated rings. The number of hydrogen-bond donors (Lipinski definition) is 2. The second-order valence-corrected chi connectivity index (χ2v) is 15.0. The molecule has 6 heteroatoms. The average molecular weight is 708 g/mol. The number of ether oxygens (including phenoxy) is 2. The second kappa shape index (κ2) is 16.8. The van der Waals surface area contributed by atoms with Crippen molar-refractivity contribution in [3.63, 3.8) is 0 Å². The molecule has 51 heavy (non-hydrogen) atoms. The molecule has 0 amide bonds. The summed E-state index contributed by atoms with van der Waals surface area (Å²) in [6, 6.07) is 35.1. The van der Waals surface area contributed by atoms with Gasteiger partial charge in [-0.3, -0.25) is 0 Å². The third kappa shape index (κ3) is 8.08. The molecule has 7 rings (SSSR count). The lowest BCUT2D eigenvalue weighted by atomic mass is 9.55. The first-order valence-electron chi connectivity index (χ1n) is 18.8. The third-order valence-electron chi connectivity index (χ3n) is 11.9. The molecule has 270 valence electrons. The van der Waals surface area contributed by atoms with Gasteiger partial charge in [0.1, 0.15) is 18.1 Å². The Morgan fingerprint density at radius 2 is 1.45 bits per heavy atom. The summed E-state index contributed by atoms with van der Waals surface area (Å²) in [4.78, 5) is 2.35. The summed E-state index contributed by atoms with van der Waals surface area (Å²) < 4.78 is 11.3. The van der Waals surface area contributed by atoms with E-state index in [9.17, 15) is 10.2 Å². The summed E-state index contributed by atoms with van der Waals surface area (Å²) in [6.07, 6.45) is 4.09. The molecule has 2 saturated carbocycles. The zero-order valence-corrected chi connectivity index (χ0v) is 31.4. The molecule has 0 unspecified atom stereocenters. The van der Waals surface area contributed by atoms with Crippen LogP contribution in [-0.2, 0) is 6.42 Å². The summed E-state index contributed by atoms with van der Waals surface area (Å²) in [7, 11) is 1.72. The van der Waals surface area contributed by atoms with Gasteiger partial charge in [0.05, 0.1) is 24.4 Å². The van der Waals surface area contributed by atoms with E-state index in [-0.39, 0.29) is 5.41 Å². The molecule has 0 spiro atoms. The van der Waals surface area contributed by atoms with Crippen molar-refractivity contribution < 1.29 is 19.7 Å². The Bertz CT molecular complexity index is 1740. The topological polar surface area (TPSA) is 62.2 Å². The molecule has 2 N–H and O–H groups in total. The highest BCUT2D eigenvalue weighted by molar-refractivity contribution is 6.53. The van der Waals surface area contributed by atoms with Gasteiger partial charge >= 0.3 is 0 Å². The lowest BCUT2D eigenvalue weighted by molar-refractivity contribution is -0.0505. The number of halogens is 1. The Balaban J connectivity index is 0.000000182. The van der Waals surface area contributed by atoms with Crippen LogP contribution in [0, 0.1) is 17.3 Å². The number of fused-ring (bicyclic) bond motifs is 5. The van der Waals surface area contributed by atoms with Crippen molar-refractivity contribution >= 4 is 22.2 Å². The molecular weight excluding hydrogens is 654 g/mol. The Morgan fingerprint density at radius 1 is 0.824 bits per heavy atom. The van der Waals surface area contributed by atoms with E-state index in [1.165, 1.54) is 17.5 Å². The highest BCUT2D eigenvalue weighted by Crippen LogP contribution is 2.61. The number of aliphatic hydroxyl groups excluding tert-OH is 2. The smallest absolute Gasteiger partial charge is 0.119 e. The largest absolute Gasteiger partial charge is 0.497 e. The van der Waals surface area contributed by atoms with Crippen LogP contribution in [0.2, 0.25) is 0 Å². The predicted molar refractivity (Wildman–Crippen MR) is 209 cm³/mol. The molecule has 6 atom stereocenters. The van der Waals surface area contributed by atoms with Crippen LogP contribution in [0.25, 0.3) is 10.6 Å². The van der Waals surface area contributed by atoms with Crippen molar-refractivity contribution in [1.29, 1.82) is 0 Å². The Kier molecular flexibility index (Phi) is 12.3. The number of hydrogen-bond acceptors (Lipinski definition) is 5. The minimum atomic E-state index is -0.546. The number of methoxy groups -OCH3 is 1. The number of nitrogens with zero attached hydrogens (tertiary/aromatic N) is 1. The maximum atomic E-state index is 10.4. The maximum Gasteiger partial charge on any atom is 0.119 e. The molecule has 0 bridgehead atoms. The fourth-order valence-corrected chi connectivity index (χ4v) is 9.32. The Labute approximate surface area is 309 Å². The minimum absolute atomic E-state index is 0.0927. The van der Waals surface area contributed by atoms with E-state index >= 15 is 0 Å². The number of benzene rings is 4. The van der Waals surface area contributed by atoms with Gasteiger partial charge in [0, 0.05) is 12.1 Å². The quantitative estimate of drug-likeness (QED) is 0.161. The first-order chi connectivity index (χ1) is 24.8. The molecule has 0 radical (unpaired) electrons. The lowest BCUT2D eigenvalue weighted by Crippen LogP contribution is -2.44. The fourth-order valence-electron chi connectivity index (χ4n) is 8.98. The normalized spacial score (nSPS) is 25.5. The monoisotopic (exact) mass is 707 g/mol. The lowest BCUT2D eigenvalue weighted by Gasteiger charge is -2.49. The maximum absolute atomic E-state index is 10.4. The fraction of sp³-hybridized carbons (Fsp3) is 0.422. The van der Waals surface area contributed by atoms with E-state index in [0.717, 1.165) is 84.1 Å². The molecule has 5 nitrogen and oxygen atoms in total. The van der Waals surface area contributed by atoms with Crippen molar-refractivity contribution in [2.45, 2.75) is 71.0 Å². The number of aryl methyl sites for hydroxylation is 1. The van der Waals surface area contributed by atoms with Crippen LogP contribution < -0.4 is 9.47 Å². The van der Waals surface area contributed by atoms with E-state index in [1.807, 2.05) is 60.7 Å². The number of rotatable bonds is 10. The van der Waals surface area contributed by atoms with Crippen molar-refractivity contribution in [1.82, 2.24) is 4.90 Å². The van der Waals surface area contributed by atoms with Gasteiger partial charge in [0.15, 0.2) is 0 Å². The molecular formula is C45H54ClNO4. The molecule has 0 heterocycles. The van der Waals surface area contributed by atoms with Gasteiger partial charge in [-0.2, -0.15) is 0 Å². The van der Waals surface area contributed by atoms with E-state index in [1.54, 1.807) is 7.11 Å². The van der Waals surface area contributed by atoms with Gasteiger partial charge in [0.2, 0.25) is 0 Å². The highest BCUT2D eigenvalue weighted by Gasteiger charge is 2.57. The van der Waals surface area contributed by atoms with Crippen molar-refractivity contribution in [2.24, 2.45) is 17.3 Å². The van der Waals surface area contributed by atoms with Gasteiger partial charge in [-0.05, 0) is 120 Å². The van der Waals surface area contributed by atoms with Crippen LogP contribution >= 0.6 is 11.6 Å². The van der Waals surface area contributed by atoms with Crippen LogP contribution in [0.15, 0.2) is 103 Å². The van der Waals surface area contributed by atoms with Crippen LogP contribution in [0.5, 0.6) is 11.5 Å². The van der Waals surface area contributed by atoms with Crippen LogP contribution in [0.4, 0.5) is 0 Å². The third-order valence-corrected chi connectivity index (χ3v) is 12.3. The van der Waals surface area contributed by atoms with Crippen molar-refractivity contribution in [3.05, 3.63) is 131 Å². The van der Waals surface area contributed by atoms with Gasteiger partial charge in [-0.15, -0.1) is 0 Å². The van der Waals surface area contributed by atoms with Crippen molar-refractivity contribution in [2.75, 3.05) is 33.4 Å². The second-order valence-electron chi connectivity index (χ2n) is 14.6. The highest BCUT2D eigenvalue weighted by atomic mass is 35.5. The molecule has 0 aromatic heterocycles. The molecule has 4 aromatic rings. The van der Waals surface area contributed by atoms with Crippen LogP contribution in [-0.4, -0.2) is 60.7 Å². The molecule has 0 aliphatic heterocycles. The first-order valence-corrected chi connectivity index (χ1v) is 19.1. The van der Waals surface area contributed by atoms with Crippen molar-refractivity contribution in [3.8, 4) is 11.5 Å². The minimum Gasteiger partial charge on any atom is -0.497 e. The average Bonchev–Trinajstić information content (AvgIpc) is 3.42. The van der Waals surface area contributed by atoms with Gasteiger partial charge < -0.3 is 24.6 Å². The van der Waals surface area contributed by atoms with Gasteiger partial charge in [0.25, 0.3) is 0 Å². The number of aliphatic hydroxyl groups is 2. The molecule has 3 aliphatic carbocycles. The van der Waals surface area contributed by atoms with E-state index < -0.39 is 12.2 Å². The summed E-state index contributed by atoms with van der Waals surface area (Å²) in [5.74, 6) is 3.47. The summed E-state index contributed by atoms with van der Waals surface area (Å²) in [6.45, 7) is 10.2. The molecule has 4 aromatic carbocycles. The molecule has 3 aliphatic rings. The first kappa shape index (κ1) is 37.2. The van der Waals surface area contributed by atoms with E-state index in [2.05, 4.69) is 68.1 Å². The van der Waals surface area contributed by atoms with Crippen LogP contribution in [0.3, 0.4) is 0 Å². The Hall–Kier alpha value is -3.61. The summed E-state index contributed by atoms with van der Waals surface area (Å²) in [5, 5.41) is 21.4. The summed E-state index contributed by atoms with van der Waals surface area (Å²) >= 11 is 6.87. The predicted octanol–water partition coefficient (Wildman–Crippen LogP) is 9.45. The van der Waals surface area contributed by atoms with Crippen LogP contribution in [0.1, 0.15) is 80.2 Å². The van der Waals surface area contributed by atoms with E-state index in [0.29, 0.717) is 24.4 Å². The summed E-state index contributed by atoms with van der Waals surface area (Å²) in [5.41, 5.74) is 7.02. The zero-order chi connectivity index (χ0) is 36.0. The van der Waals surface area contributed by atoms with Gasteiger partial charge in [-0.1, -0.05) is 111 Å². The number of likely N-dealkylation sites (N-methyl/N-ethyl adjacent to an activating group) is 1. The molecule has 0 saturated heterocycles.